The molecule has 0 saturated heterocycles. The molecular weight excluding hydrogens is 548 g/mol. The van der Waals surface area contributed by atoms with E-state index in [-0.39, 0.29) is 12.4 Å². The van der Waals surface area contributed by atoms with Gasteiger partial charge in [-0.25, -0.2) is 9.48 Å². The molecule has 3 heterocycles. The highest BCUT2D eigenvalue weighted by molar-refractivity contribution is 5.85. The summed E-state index contributed by atoms with van der Waals surface area (Å²) >= 11 is 0. The van der Waals surface area contributed by atoms with Crippen molar-refractivity contribution in [1.82, 2.24) is 0 Å². The molecule has 2 aromatic rings. The van der Waals surface area contributed by atoms with Crippen LogP contribution in [0.4, 0.5) is 11.4 Å². The predicted molar refractivity (Wildman–Crippen MR) is 167 cm³/mol. The van der Waals surface area contributed by atoms with Gasteiger partial charge in [-0.2, -0.15) is 0 Å². The molecule has 0 amide bonds. The van der Waals surface area contributed by atoms with Crippen molar-refractivity contribution in [2.45, 2.75) is 103 Å². The lowest BCUT2D eigenvalue weighted by atomic mass is 10.1. The molecule has 0 aromatic heterocycles. The predicted octanol–water partition coefficient (Wildman–Crippen LogP) is 5.67. The Kier molecular flexibility index (Phi) is 14.0. The van der Waals surface area contributed by atoms with Crippen molar-refractivity contribution in [3.8, 4) is 23.0 Å². The Bertz CT molecular complexity index is 1040. The highest BCUT2D eigenvalue weighted by atomic mass is 35.5. The minimum atomic E-state index is 0. The van der Waals surface area contributed by atoms with Crippen molar-refractivity contribution in [3.05, 3.63) is 36.4 Å². The fourth-order valence-electron chi connectivity index (χ4n) is 6.13. The summed E-state index contributed by atoms with van der Waals surface area (Å²) < 4.78 is 28.1. The summed E-state index contributed by atoms with van der Waals surface area (Å²) in [6, 6.07) is 12.5. The summed E-state index contributed by atoms with van der Waals surface area (Å²) in [5.41, 5.74) is 2.07. The SMILES string of the molecule is C1=[N+]2CCN1c1c3cccc1OCCCCCCCCCCOc1cccc(c12)OCCCCCCCCCCO3.[Cl-]. The van der Waals surface area contributed by atoms with Crippen LogP contribution in [0.3, 0.4) is 0 Å². The minimum absolute atomic E-state index is 0. The molecule has 0 N–H and O–H groups in total. The van der Waals surface area contributed by atoms with Crippen LogP contribution in [0.15, 0.2) is 36.4 Å². The molecule has 42 heavy (non-hydrogen) atoms. The largest absolute Gasteiger partial charge is 1.00 e. The van der Waals surface area contributed by atoms with E-state index in [0.29, 0.717) is 0 Å². The van der Waals surface area contributed by atoms with Gasteiger partial charge >= 0.3 is 0 Å². The van der Waals surface area contributed by atoms with E-state index in [1.165, 1.54) is 77.0 Å². The monoisotopic (exact) mass is 598 g/mol. The summed E-state index contributed by atoms with van der Waals surface area (Å²) in [6.07, 6.45) is 21.7. The van der Waals surface area contributed by atoms with Gasteiger partial charge in [-0.05, 0) is 49.9 Å². The summed E-state index contributed by atoms with van der Waals surface area (Å²) in [6.45, 7) is 4.63. The van der Waals surface area contributed by atoms with E-state index in [4.69, 9.17) is 18.9 Å². The van der Waals surface area contributed by atoms with Crippen LogP contribution in [0.1, 0.15) is 103 Å². The fraction of sp³-hybridized carbons (Fsp3) is 0.629. The number of para-hydroxylation sites is 2. The van der Waals surface area contributed by atoms with Gasteiger partial charge in [0.05, 0.1) is 26.4 Å². The molecule has 2 aromatic carbocycles. The van der Waals surface area contributed by atoms with Crippen LogP contribution in [-0.4, -0.2) is 50.4 Å². The van der Waals surface area contributed by atoms with E-state index in [0.717, 1.165) is 99.6 Å². The Hall–Kier alpha value is -2.60. The van der Waals surface area contributed by atoms with Gasteiger partial charge in [0.25, 0.3) is 0 Å². The van der Waals surface area contributed by atoms with Gasteiger partial charge in [-0.15, -0.1) is 0 Å². The van der Waals surface area contributed by atoms with Crippen molar-refractivity contribution in [1.29, 1.82) is 0 Å². The van der Waals surface area contributed by atoms with E-state index >= 15 is 0 Å². The minimum Gasteiger partial charge on any atom is -1.00 e. The van der Waals surface area contributed by atoms with Crippen LogP contribution in [0.25, 0.3) is 0 Å². The Labute approximate surface area is 259 Å². The summed E-state index contributed by atoms with van der Waals surface area (Å²) in [5.74, 6) is 3.63. The number of nitrogens with zero attached hydrogens (tertiary/aromatic N) is 2. The highest BCUT2D eigenvalue weighted by Crippen LogP contribution is 2.42. The lowest BCUT2D eigenvalue weighted by Crippen LogP contribution is -3.00. The molecule has 3 aliphatic heterocycles. The molecule has 5 rings (SSSR count). The van der Waals surface area contributed by atoms with Crippen LogP contribution >= 0.6 is 0 Å². The summed E-state index contributed by atoms with van der Waals surface area (Å²) in [4.78, 5) is 2.30. The van der Waals surface area contributed by atoms with Crippen LogP contribution in [0.5, 0.6) is 23.0 Å². The third kappa shape index (κ3) is 9.45. The van der Waals surface area contributed by atoms with E-state index < -0.39 is 0 Å². The van der Waals surface area contributed by atoms with Gasteiger partial charge < -0.3 is 31.4 Å². The number of hydrogen-bond acceptors (Lipinski definition) is 5. The maximum Gasteiger partial charge on any atom is 0.245 e. The number of halogens is 1. The highest BCUT2D eigenvalue weighted by Gasteiger charge is 2.32. The number of hydrogen-bond donors (Lipinski definition) is 0. The van der Waals surface area contributed by atoms with Crippen molar-refractivity contribution in [2.24, 2.45) is 0 Å². The molecule has 4 bridgehead atoms. The molecule has 0 fully saturated rings. The lowest BCUT2D eigenvalue weighted by Gasteiger charge is -2.18. The molecule has 0 radical (unpaired) electrons. The first-order chi connectivity index (χ1) is 20.4. The van der Waals surface area contributed by atoms with Crippen molar-refractivity contribution in [3.63, 3.8) is 0 Å². The van der Waals surface area contributed by atoms with Crippen molar-refractivity contribution in [2.75, 3.05) is 44.4 Å². The number of rotatable bonds is 0. The van der Waals surface area contributed by atoms with Gasteiger partial charge in [0.1, 0.15) is 13.1 Å². The smallest absolute Gasteiger partial charge is 0.245 e. The van der Waals surface area contributed by atoms with Crippen molar-refractivity contribution >= 4 is 17.7 Å². The van der Waals surface area contributed by atoms with E-state index in [2.05, 4.69) is 52.2 Å². The van der Waals surface area contributed by atoms with Gasteiger partial charge in [-0.1, -0.05) is 89.2 Å². The van der Waals surface area contributed by atoms with Gasteiger partial charge in [-0.3, -0.25) is 0 Å². The van der Waals surface area contributed by atoms with Crippen LogP contribution in [-0.2, 0) is 0 Å². The first-order valence-electron chi connectivity index (χ1n) is 16.6. The zero-order chi connectivity index (χ0) is 28.0. The zero-order valence-electron chi connectivity index (χ0n) is 25.5. The Morgan fingerprint density at radius 2 is 0.833 bits per heavy atom. The topological polar surface area (TPSA) is 43.2 Å². The van der Waals surface area contributed by atoms with E-state index in [1.54, 1.807) is 0 Å². The molecule has 0 spiro atoms. The van der Waals surface area contributed by atoms with Crippen LogP contribution in [0, 0.1) is 0 Å². The molecule has 3 aliphatic rings. The molecule has 0 saturated carbocycles. The average Bonchev–Trinajstić information content (AvgIpc) is 3.46. The first-order valence-corrected chi connectivity index (χ1v) is 16.6. The molecular formula is C35H51ClN2O4. The van der Waals surface area contributed by atoms with Gasteiger partial charge in [0, 0.05) is 0 Å². The summed E-state index contributed by atoms with van der Waals surface area (Å²) in [5, 5.41) is 0. The second-order valence-electron chi connectivity index (χ2n) is 11.8. The average molecular weight is 599 g/mol. The lowest BCUT2D eigenvalue weighted by molar-refractivity contribution is -0.425. The Morgan fingerprint density at radius 1 is 0.476 bits per heavy atom. The molecule has 232 valence electrons. The molecule has 0 unspecified atom stereocenters. The number of benzene rings is 2. The quantitative estimate of drug-likeness (QED) is 0.366. The third-order valence-corrected chi connectivity index (χ3v) is 8.47. The third-order valence-electron chi connectivity index (χ3n) is 8.47. The Balaban J connectivity index is 0.00000405. The van der Waals surface area contributed by atoms with E-state index in [1.807, 2.05) is 0 Å². The maximum atomic E-state index is 6.45. The number of ether oxygens (including phenoxy) is 4. The second kappa shape index (κ2) is 18.1. The zero-order valence-corrected chi connectivity index (χ0v) is 26.3. The first kappa shape index (κ1) is 32.3. The molecule has 0 aliphatic carbocycles. The van der Waals surface area contributed by atoms with Crippen molar-refractivity contribution < 1.29 is 35.9 Å². The van der Waals surface area contributed by atoms with Gasteiger partial charge in [0.15, 0.2) is 23.0 Å². The van der Waals surface area contributed by atoms with Gasteiger partial charge in [0.2, 0.25) is 17.7 Å². The molecule has 0 atom stereocenters. The fourth-order valence-corrected chi connectivity index (χ4v) is 6.13. The summed E-state index contributed by atoms with van der Waals surface area (Å²) in [7, 11) is 0. The standard InChI is InChI=1S/C35H51N2O4.ClH/c1-2-6-10-14-26-39-31-20-18-22-33-35(31)37-24-23-36(29-37)34-30(38-25-13-9-5-1)19-17-21-32(34)40-27-15-11-7-3-4-8-12-16-28-41-33;/h17-22,29H,1-16,23-28H2;1H/q+1;/p-1. The molecule has 6 nitrogen and oxygen atoms in total. The molecule has 7 heteroatoms. The number of anilines is 1. The Morgan fingerprint density at radius 3 is 1.26 bits per heavy atom. The van der Waals surface area contributed by atoms with Crippen LogP contribution < -0.4 is 36.3 Å². The maximum absolute atomic E-state index is 6.45. The van der Waals surface area contributed by atoms with Crippen LogP contribution in [0.2, 0.25) is 0 Å². The second-order valence-corrected chi connectivity index (χ2v) is 11.8. The van der Waals surface area contributed by atoms with E-state index in [9.17, 15) is 0 Å². The normalized spacial score (nSPS) is 19.9.